The lowest BCUT2D eigenvalue weighted by Gasteiger charge is -2.35. The summed E-state index contributed by atoms with van der Waals surface area (Å²) in [6.07, 6.45) is 3.00. The zero-order chi connectivity index (χ0) is 12.0. The maximum Gasteiger partial charge on any atom is 0.251 e. The van der Waals surface area contributed by atoms with Crippen molar-refractivity contribution in [2.45, 2.75) is 31.1 Å². The molecule has 1 spiro atoms. The molecule has 92 valence electrons. The van der Waals surface area contributed by atoms with Gasteiger partial charge in [0.2, 0.25) is 0 Å². The van der Waals surface area contributed by atoms with Crippen LogP contribution in [0, 0.1) is 0 Å². The van der Waals surface area contributed by atoms with Gasteiger partial charge in [0.15, 0.2) is 11.5 Å². The summed E-state index contributed by atoms with van der Waals surface area (Å²) in [5.74, 6) is 1.06. The lowest BCUT2D eigenvalue weighted by atomic mass is 9.91. The second kappa shape index (κ2) is 3.86. The van der Waals surface area contributed by atoms with E-state index in [1.54, 1.807) is 0 Å². The summed E-state index contributed by atoms with van der Waals surface area (Å²) in [6, 6.07) is 3.32. The van der Waals surface area contributed by atoms with E-state index < -0.39 is 11.8 Å². The fourth-order valence-electron chi connectivity index (χ4n) is 2.18. The third-order valence-corrected chi connectivity index (χ3v) is 4.05. The Labute approximate surface area is 108 Å². The second-order valence-corrected chi connectivity index (χ2v) is 5.43. The smallest absolute Gasteiger partial charge is 0.251 e. The fraction of sp³-hybridized carbons (Fsp3) is 0.500. The minimum absolute atomic E-state index is 0.0939. The van der Waals surface area contributed by atoms with E-state index in [1.165, 1.54) is 0 Å². The topological polar surface area (TPSA) is 64.7 Å². The second-order valence-electron chi connectivity index (χ2n) is 4.58. The van der Waals surface area contributed by atoms with E-state index >= 15 is 0 Å². The van der Waals surface area contributed by atoms with Crippen molar-refractivity contribution in [3.63, 3.8) is 0 Å². The van der Waals surface area contributed by atoms with Crippen LogP contribution in [0.3, 0.4) is 0 Å². The van der Waals surface area contributed by atoms with Gasteiger partial charge in [-0.25, -0.2) is 0 Å². The van der Waals surface area contributed by atoms with Crippen LogP contribution in [-0.4, -0.2) is 17.5 Å². The zero-order valence-electron chi connectivity index (χ0n) is 9.28. The number of rotatable bonds is 2. The highest BCUT2D eigenvalue weighted by Crippen LogP contribution is 2.50. The summed E-state index contributed by atoms with van der Waals surface area (Å²) >= 11 is 3.44. The maximum absolute atomic E-state index is 9.10. The van der Waals surface area contributed by atoms with Crippen LogP contribution < -0.4 is 15.2 Å². The van der Waals surface area contributed by atoms with Gasteiger partial charge in [0.1, 0.15) is 0 Å². The molecule has 0 saturated heterocycles. The third-order valence-electron chi connectivity index (χ3n) is 3.37. The summed E-state index contributed by atoms with van der Waals surface area (Å²) in [5, 5.41) is 9.10. The zero-order valence-corrected chi connectivity index (χ0v) is 10.9. The van der Waals surface area contributed by atoms with Gasteiger partial charge in [-0.3, -0.25) is 0 Å². The number of halogens is 1. The number of ether oxygens (including phenoxy) is 2. The number of aliphatic hydroxyl groups excluding tert-OH is 1. The number of nitrogens with two attached hydrogens (primary N) is 1. The highest BCUT2D eigenvalue weighted by molar-refractivity contribution is 9.10. The molecule has 1 heterocycles. The molecule has 1 atom stereocenters. The molecular formula is C12H14BrNO3. The maximum atomic E-state index is 9.10. The van der Waals surface area contributed by atoms with E-state index in [0.717, 1.165) is 40.8 Å². The highest BCUT2D eigenvalue weighted by Gasteiger charge is 2.47. The normalized spacial score (nSPS) is 21.4. The van der Waals surface area contributed by atoms with Crippen molar-refractivity contribution in [2.75, 3.05) is 6.61 Å². The Balaban J connectivity index is 1.95. The molecule has 0 radical (unpaired) electrons. The van der Waals surface area contributed by atoms with Crippen molar-refractivity contribution in [1.29, 1.82) is 0 Å². The Morgan fingerprint density at radius 2 is 2.00 bits per heavy atom. The van der Waals surface area contributed by atoms with Crippen molar-refractivity contribution in [1.82, 2.24) is 0 Å². The van der Waals surface area contributed by atoms with Gasteiger partial charge >= 0.3 is 0 Å². The predicted octanol–water partition coefficient (Wildman–Crippen LogP) is 2.09. The van der Waals surface area contributed by atoms with Crippen molar-refractivity contribution in [2.24, 2.45) is 5.73 Å². The van der Waals surface area contributed by atoms with E-state index in [2.05, 4.69) is 15.9 Å². The Morgan fingerprint density at radius 3 is 2.53 bits per heavy atom. The predicted molar refractivity (Wildman–Crippen MR) is 66.0 cm³/mol. The monoisotopic (exact) mass is 299 g/mol. The van der Waals surface area contributed by atoms with Gasteiger partial charge in [0.25, 0.3) is 5.79 Å². The van der Waals surface area contributed by atoms with Crippen LogP contribution in [0.4, 0.5) is 0 Å². The minimum atomic E-state index is -0.427. The molecule has 1 fully saturated rings. The average molecular weight is 300 g/mol. The molecule has 2 aliphatic rings. The highest BCUT2D eigenvalue weighted by atomic mass is 79.9. The number of fused-ring (bicyclic) bond motifs is 1. The van der Waals surface area contributed by atoms with Crippen LogP contribution in [0.2, 0.25) is 0 Å². The van der Waals surface area contributed by atoms with Gasteiger partial charge in [-0.05, 0) is 24.1 Å². The molecule has 1 aliphatic carbocycles. The first-order valence-electron chi connectivity index (χ1n) is 5.71. The largest absolute Gasteiger partial charge is 0.448 e. The van der Waals surface area contributed by atoms with Crippen LogP contribution in [0.1, 0.15) is 30.9 Å². The number of aliphatic hydroxyl groups is 1. The van der Waals surface area contributed by atoms with E-state index in [9.17, 15) is 0 Å². The van der Waals surface area contributed by atoms with Crippen molar-refractivity contribution >= 4 is 15.9 Å². The molecule has 1 saturated carbocycles. The summed E-state index contributed by atoms with van der Waals surface area (Å²) in [5.41, 5.74) is 6.67. The van der Waals surface area contributed by atoms with E-state index in [1.807, 2.05) is 12.1 Å². The van der Waals surface area contributed by atoms with Crippen molar-refractivity contribution in [3.8, 4) is 11.5 Å². The Morgan fingerprint density at radius 1 is 1.35 bits per heavy atom. The molecule has 3 rings (SSSR count). The first kappa shape index (κ1) is 11.3. The lowest BCUT2D eigenvalue weighted by Crippen LogP contribution is -2.45. The van der Waals surface area contributed by atoms with Gasteiger partial charge in [0, 0.05) is 17.3 Å². The number of hydrogen-bond acceptors (Lipinski definition) is 4. The van der Waals surface area contributed by atoms with Crippen LogP contribution >= 0.6 is 15.9 Å². The first-order chi connectivity index (χ1) is 8.13. The molecular weight excluding hydrogens is 286 g/mol. The molecule has 0 amide bonds. The molecule has 0 aromatic heterocycles. The molecule has 4 nitrogen and oxygen atoms in total. The van der Waals surface area contributed by atoms with Crippen LogP contribution in [0.25, 0.3) is 0 Å². The number of hydrogen-bond donors (Lipinski definition) is 2. The van der Waals surface area contributed by atoms with Crippen LogP contribution in [0.15, 0.2) is 16.6 Å². The SMILES string of the molecule is NC(CO)c1cc2c(cc1Br)OC1(CCC1)O2. The van der Waals surface area contributed by atoms with E-state index in [0.29, 0.717) is 0 Å². The third kappa shape index (κ3) is 1.73. The van der Waals surface area contributed by atoms with Gasteiger partial charge in [-0.2, -0.15) is 0 Å². The van der Waals surface area contributed by atoms with Gasteiger partial charge in [-0.15, -0.1) is 0 Å². The average Bonchev–Trinajstić information content (AvgIpc) is 2.65. The van der Waals surface area contributed by atoms with Gasteiger partial charge < -0.3 is 20.3 Å². The molecule has 0 bridgehead atoms. The molecule has 1 aromatic carbocycles. The molecule has 5 heteroatoms. The van der Waals surface area contributed by atoms with E-state index in [4.69, 9.17) is 20.3 Å². The summed E-state index contributed by atoms with van der Waals surface area (Å²) in [6.45, 7) is -0.0939. The molecule has 17 heavy (non-hydrogen) atoms. The fourth-order valence-corrected chi connectivity index (χ4v) is 2.80. The van der Waals surface area contributed by atoms with Gasteiger partial charge in [0.05, 0.1) is 12.6 Å². The van der Waals surface area contributed by atoms with Crippen molar-refractivity contribution in [3.05, 3.63) is 22.2 Å². The Kier molecular flexibility index (Phi) is 2.57. The summed E-state index contributed by atoms with van der Waals surface area (Å²) in [7, 11) is 0. The summed E-state index contributed by atoms with van der Waals surface area (Å²) in [4.78, 5) is 0. The Hall–Kier alpha value is -0.780. The van der Waals surface area contributed by atoms with E-state index in [-0.39, 0.29) is 6.61 Å². The molecule has 1 aromatic rings. The number of benzene rings is 1. The minimum Gasteiger partial charge on any atom is -0.448 e. The van der Waals surface area contributed by atoms with Crippen LogP contribution in [-0.2, 0) is 0 Å². The Bertz CT molecular complexity index is 459. The first-order valence-corrected chi connectivity index (χ1v) is 6.51. The van der Waals surface area contributed by atoms with Crippen molar-refractivity contribution < 1.29 is 14.6 Å². The molecule has 3 N–H and O–H groups in total. The van der Waals surface area contributed by atoms with Crippen LogP contribution in [0.5, 0.6) is 11.5 Å². The standard InChI is InChI=1S/C12H14BrNO3/c13-8-5-11-10(4-7(8)9(14)6-15)16-12(17-11)2-1-3-12/h4-5,9,15H,1-3,6,14H2. The van der Waals surface area contributed by atoms with Gasteiger partial charge in [-0.1, -0.05) is 15.9 Å². The molecule has 1 unspecified atom stereocenters. The quantitative estimate of drug-likeness (QED) is 0.878. The lowest BCUT2D eigenvalue weighted by molar-refractivity contribution is -0.138. The molecule has 1 aliphatic heterocycles. The summed E-state index contributed by atoms with van der Waals surface area (Å²) < 4.78 is 12.5.